The number of aliphatic hydroxyl groups excluding tert-OH is 1. The molecule has 0 heterocycles. The average molecular weight is 392 g/mol. The summed E-state index contributed by atoms with van der Waals surface area (Å²) < 4.78 is 10.5. The van der Waals surface area contributed by atoms with Crippen molar-refractivity contribution in [2.24, 2.45) is 4.99 Å². The van der Waals surface area contributed by atoms with Gasteiger partial charge in [0.15, 0.2) is 5.96 Å². The fraction of sp³-hybridized carbons (Fsp3) is 0.350. The Balaban J connectivity index is 2.04. The summed E-state index contributed by atoms with van der Waals surface area (Å²) in [6.45, 7) is 3.41. The number of nitrogens with zero attached hydrogens (tertiary/aromatic N) is 1. The number of methoxy groups -OCH3 is 2. The molecule has 2 aromatic carbocycles. The summed E-state index contributed by atoms with van der Waals surface area (Å²) in [6, 6.07) is 12.9. The molecule has 0 spiro atoms. The van der Waals surface area contributed by atoms with Crippen LogP contribution in [0, 0.1) is 0 Å². The number of aliphatic hydroxyl groups is 1. The maximum Gasteiger partial charge on any atom is 0.191 e. The molecule has 0 saturated heterocycles. The van der Waals surface area contributed by atoms with Crippen molar-refractivity contribution in [3.63, 3.8) is 0 Å². The number of guanidine groups is 1. The van der Waals surface area contributed by atoms with Gasteiger partial charge in [0.05, 0.1) is 26.9 Å². The van der Waals surface area contributed by atoms with E-state index in [1.165, 1.54) is 0 Å². The Hall–Kier alpha value is -2.44. The smallest absolute Gasteiger partial charge is 0.191 e. The van der Waals surface area contributed by atoms with Crippen LogP contribution in [0.3, 0.4) is 0 Å². The van der Waals surface area contributed by atoms with E-state index in [0.29, 0.717) is 41.1 Å². The van der Waals surface area contributed by atoms with Crippen LogP contribution in [0.5, 0.6) is 11.5 Å². The standard InChI is InChI=1S/C20H26ClN3O3/c1-4-22-20(23-12-14-7-5-6-8-18(14)21)24-13-19(25)15-9-16(26-2)11-17(10-15)27-3/h5-11,19,25H,4,12-13H2,1-3H3,(H2,22,23,24). The molecule has 0 radical (unpaired) electrons. The van der Waals surface area contributed by atoms with Crippen molar-refractivity contribution in [2.45, 2.75) is 19.6 Å². The van der Waals surface area contributed by atoms with Crippen LogP contribution in [0.2, 0.25) is 5.02 Å². The van der Waals surface area contributed by atoms with Gasteiger partial charge in [0.1, 0.15) is 11.5 Å². The number of halogens is 1. The first-order valence-electron chi connectivity index (χ1n) is 8.74. The Kier molecular flexibility index (Phi) is 8.23. The molecule has 0 aliphatic rings. The number of benzene rings is 2. The van der Waals surface area contributed by atoms with Gasteiger partial charge in [-0.2, -0.15) is 0 Å². The second kappa shape index (κ2) is 10.6. The van der Waals surface area contributed by atoms with Crippen molar-refractivity contribution >= 4 is 17.6 Å². The lowest BCUT2D eigenvalue weighted by Gasteiger charge is -2.17. The van der Waals surface area contributed by atoms with E-state index in [2.05, 4.69) is 15.6 Å². The van der Waals surface area contributed by atoms with E-state index in [4.69, 9.17) is 21.1 Å². The van der Waals surface area contributed by atoms with Gasteiger partial charge in [0, 0.05) is 24.2 Å². The van der Waals surface area contributed by atoms with Gasteiger partial charge >= 0.3 is 0 Å². The molecule has 27 heavy (non-hydrogen) atoms. The molecular weight excluding hydrogens is 366 g/mol. The number of aliphatic imine (C=N–C) groups is 1. The summed E-state index contributed by atoms with van der Waals surface area (Å²) in [6.07, 6.45) is -0.752. The normalized spacial score (nSPS) is 12.4. The average Bonchev–Trinajstić information content (AvgIpc) is 2.70. The maximum atomic E-state index is 10.5. The van der Waals surface area contributed by atoms with Crippen LogP contribution in [-0.2, 0) is 6.54 Å². The zero-order valence-corrected chi connectivity index (χ0v) is 16.6. The molecule has 0 amide bonds. The van der Waals surface area contributed by atoms with Gasteiger partial charge in [-0.3, -0.25) is 0 Å². The lowest BCUT2D eigenvalue weighted by atomic mass is 10.1. The Morgan fingerprint density at radius 3 is 2.37 bits per heavy atom. The van der Waals surface area contributed by atoms with Crippen molar-refractivity contribution in [1.29, 1.82) is 0 Å². The molecule has 7 heteroatoms. The first-order valence-corrected chi connectivity index (χ1v) is 9.11. The molecule has 2 rings (SSSR count). The minimum absolute atomic E-state index is 0.282. The van der Waals surface area contributed by atoms with E-state index >= 15 is 0 Å². The summed E-state index contributed by atoms with van der Waals surface area (Å²) in [5.74, 6) is 1.86. The SMILES string of the molecule is CCNC(=NCc1ccccc1Cl)NCC(O)c1cc(OC)cc(OC)c1. The van der Waals surface area contributed by atoms with Gasteiger partial charge < -0.3 is 25.2 Å². The highest BCUT2D eigenvalue weighted by atomic mass is 35.5. The molecule has 6 nitrogen and oxygen atoms in total. The van der Waals surface area contributed by atoms with Crippen LogP contribution in [0.1, 0.15) is 24.2 Å². The quantitative estimate of drug-likeness (QED) is 0.476. The first kappa shape index (κ1) is 20.9. The fourth-order valence-electron chi connectivity index (χ4n) is 2.47. The molecule has 0 aliphatic heterocycles. The van der Waals surface area contributed by atoms with Crippen LogP contribution < -0.4 is 20.1 Å². The van der Waals surface area contributed by atoms with E-state index < -0.39 is 6.10 Å². The van der Waals surface area contributed by atoms with Crippen LogP contribution in [-0.4, -0.2) is 38.4 Å². The summed E-state index contributed by atoms with van der Waals surface area (Å²) in [5, 5.41) is 17.5. The van der Waals surface area contributed by atoms with Crippen molar-refractivity contribution in [3.05, 3.63) is 58.6 Å². The Labute approximate surface area is 165 Å². The first-order chi connectivity index (χ1) is 13.1. The largest absolute Gasteiger partial charge is 0.497 e. The zero-order valence-electron chi connectivity index (χ0n) is 15.8. The molecule has 0 aromatic heterocycles. The van der Waals surface area contributed by atoms with Crippen LogP contribution >= 0.6 is 11.6 Å². The molecule has 1 atom stereocenters. The highest BCUT2D eigenvalue weighted by Gasteiger charge is 2.12. The fourth-order valence-corrected chi connectivity index (χ4v) is 2.66. The molecule has 146 valence electrons. The van der Waals surface area contributed by atoms with Crippen LogP contribution in [0.4, 0.5) is 0 Å². The molecule has 0 aliphatic carbocycles. The van der Waals surface area contributed by atoms with Crippen molar-refractivity contribution in [2.75, 3.05) is 27.3 Å². The summed E-state index contributed by atoms with van der Waals surface area (Å²) in [7, 11) is 3.15. The number of hydrogen-bond donors (Lipinski definition) is 3. The molecule has 3 N–H and O–H groups in total. The maximum absolute atomic E-state index is 10.5. The highest BCUT2D eigenvalue weighted by molar-refractivity contribution is 6.31. The van der Waals surface area contributed by atoms with Crippen molar-refractivity contribution in [3.8, 4) is 11.5 Å². The Morgan fingerprint density at radius 1 is 1.11 bits per heavy atom. The van der Waals surface area contributed by atoms with E-state index in [-0.39, 0.29) is 6.54 Å². The molecule has 1 unspecified atom stereocenters. The highest BCUT2D eigenvalue weighted by Crippen LogP contribution is 2.26. The van der Waals surface area contributed by atoms with Crippen LogP contribution in [0.25, 0.3) is 0 Å². The predicted octanol–water partition coefficient (Wildman–Crippen LogP) is 3.15. The van der Waals surface area contributed by atoms with Gasteiger partial charge in [-0.1, -0.05) is 29.8 Å². The van der Waals surface area contributed by atoms with Gasteiger partial charge in [-0.15, -0.1) is 0 Å². The topological polar surface area (TPSA) is 75.1 Å². The number of rotatable bonds is 8. The monoisotopic (exact) mass is 391 g/mol. The van der Waals surface area contributed by atoms with Crippen molar-refractivity contribution < 1.29 is 14.6 Å². The van der Waals surface area contributed by atoms with E-state index in [1.54, 1.807) is 32.4 Å². The minimum atomic E-state index is -0.752. The van der Waals surface area contributed by atoms with Gasteiger partial charge in [-0.05, 0) is 36.2 Å². The van der Waals surface area contributed by atoms with E-state index in [0.717, 1.165) is 5.56 Å². The zero-order chi connectivity index (χ0) is 19.6. The molecule has 0 bridgehead atoms. The minimum Gasteiger partial charge on any atom is -0.497 e. The van der Waals surface area contributed by atoms with Gasteiger partial charge in [0.2, 0.25) is 0 Å². The lowest BCUT2D eigenvalue weighted by Crippen LogP contribution is -2.39. The van der Waals surface area contributed by atoms with Gasteiger partial charge in [0.25, 0.3) is 0 Å². The molecule has 0 saturated carbocycles. The number of nitrogens with one attached hydrogen (secondary N) is 2. The Bertz CT molecular complexity index is 746. The molecular formula is C20H26ClN3O3. The third kappa shape index (κ3) is 6.34. The third-order valence-electron chi connectivity index (χ3n) is 3.93. The van der Waals surface area contributed by atoms with E-state index in [9.17, 15) is 5.11 Å². The second-order valence-electron chi connectivity index (χ2n) is 5.83. The van der Waals surface area contributed by atoms with Crippen molar-refractivity contribution in [1.82, 2.24) is 10.6 Å². The lowest BCUT2D eigenvalue weighted by molar-refractivity contribution is 0.180. The predicted molar refractivity (Wildman–Crippen MR) is 109 cm³/mol. The second-order valence-corrected chi connectivity index (χ2v) is 6.24. The van der Waals surface area contributed by atoms with Gasteiger partial charge in [-0.25, -0.2) is 4.99 Å². The third-order valence-corrected chi connectivity index (χ3v) is 4.30. The molecule has 0 fully saturated rings. The van der Waals surface area contributed by atoms with Crippen LogP contribution in [0.15, 0.2) is 47.5 Å². The summed E-state index contributed by atoms with van der Waals surface area (Å²) >= 11 is 6.18. The number of hydrogen-bond acceptors (Lipinski definition) is 4. The van der Waals surface area contributed by atoms with E-state index in [1.807, 2.05) is 31.2 Å². The Morgan fingerprint density at radius 2 is 1.78 bits per heavy atom. The summed E-state index contributed by atoms with van der Waals surface area (Å²) in [4.78, 5) is 4.53. The summed E-state index contributed by atoms with van der Waals surface area (Å²) in [5.41, 5.74) is 1.63. The number of ether oxygens (including phenoxy) is 2. The molecule has 2 aromatic rings.